The van der Waals surface area contributed by atoms with Crippen LogP contribution in [0.4, 0.5) is 18.9 Å². The minimum Gasteiger partial charge on any atom is -0.493 e. The number of rotatable bonds is 10. The fourth-order valence-electron chi connectivity index (χ4n) is 3.44. The van der Waals surface area contributed by atoms with Gasteiger partial charge < -0.3 is 14.2 Å². The number of hydrogen-bond acceptors (Lipinski definition) is 7. The minimum atomic E-state index is -4.86. The lowest BCUT2D eigenvalue weighted by atomic mass is 10.2. The van der Waals surface area contributed by atoms with Gasteiger partial charge in [0.1, 0.15) is 6.54 Å². The van der Waals surface area contributed by atoms with Gasteiger partial charge in [-0.3, -0.25) is 9.10 Å². The number of ether oxygens (including phenoxy) is 3. The number of amides is 1. The number of carbonyl (C=O) groups is 1. The van der Waals surface area contributed by atoms with Crippen molar-refractivity contribution in [3.05, 3.63) is 76.8 Å². The van der Waals surface area contributed by atoms with Crippen molar-refractivity contribution in [2.24, 2.45) is 5.10 Å². The number of halogens is 4. The van der Waals surface area contributed by atoms with Crippen LogP contribution in [0.25, 0.3) is 0 Å². The molecular weight excluding hydrogens is 563 g/mol. The second kappa shape index (κ2) is 12.3. The van der Waals surface area contributed by atoms with Crippen molar-refractivity contribution in [1.29, 1.82) is 0 Å². The van der Waals surface area contributed by atoms with Gasteiger partial charge in [0.05, 0.1) is 48.7 Å². The second-order valence-electron chi connectivity index (χ2n) is 7.74. The Labute approximate surface area is 227 Å². The summed E-state index contributed by atoms with van der Waals surface area (Å²) in [6.07, 6.45) is -3.62. The number of carbonyl (C=O) groups excluding carboxylic acids is 1. The van der Waals surface area contributed by atoms with E-state index in [1.54, 1.807) is 18.2 Å². The van der Waals surface area contributed by atoms with Crippen molar-refractivity contribution in [2.75, 3.05) is 32.2 Å². The molecule has 0 spiro atoms. The molecule has 1 N–H and O–H groups in total. The van der Waals surface area contributed by atoms with Crippen LogP contribution in [0.5, 0.6) is 17.2 Å². The Morgan fingerprint density at radius 2 is 1.62 bits per heavy atom. The Hall–Kier alpha value is -3.97. The number of hydrazone groups is 1. The third-order valence-corrected chi connectivity index (χ3v) is 7.37. The minimum absolute atomic E-state index is 0.234. The van der Waals surface area contributed by atoms with Crippen LogP contribution in [-0.4, -0.2) is 48.4 Å². The summed E-state index contributed by atoms with van der Waals surface area (Å²) >= 11 is 5.70. The van der Waals surface area contributed by atoms with Gasteiger partial charge in [0, 0.05) is 5.56 Å². The zero-order valence-corrected chi connectivity index (χ0v) is 22.4. The molecule has 0 atom stereocenters. The Bertz CT molecular complexity index is 1440. The molecule has 3 aromatic rings. The predicted octanol–water partition coefficient (Wildman–Crippen LogP) is 4.73. The van der Waals surface area contributed by atoms with Crippen molar-refractivity contribution >= 4 is 39.4 Å². The highest BCUT2D eigenvalue weighted by atomic mass is 35.5. The van der Waals surface area contributed by atoms with Crippen molar-refractivity contribution in [3.63, 3.8) is 0 Å². The summed E-state index contributed by atoms with van der Waals surface area (Å²) in [4.78, 5) is 12.5. The summed E-state index contributed by atoms with van der Waals surface area (Å²) < 4.78 is 83.5. The summed E-state index contributed by atoms with van der Waals surface area (Å²) in [5.74, 6) is 0.0618. The van der Waals surface area contributed by atoms with Crippen LogP contribution in [0.1, 0.15) is 11.1 Å². The van der Waals surface area contributed by atoms with Crippen molar-refractivity contribution < 1.29 is 40.6 Å². The number of benzene rings is 3. The molecule has 0 unspecified atom stereocenters. The van der Waals surface area contributed by atoms with Gasteiger partial charge in [-0.05, 0) is 42.5 Å². The second-order valence-corrected chi connectivity index (χ2v) is 10.0. The van der Waals surface area contributed by atoms with E-state index in [1.807, 2.05) is 0 Å². The molecule has 3 rings (SSSR count). The third kappa shape index (κ3) is 6.92. The first-order chi connectivity index (χ1) is 18.4. The first kappa shape index (κ1) is 29.6. The predicted molar refractivity (Wildman–Crippen MR) is 139 cm³/mol. The molecular formula is C25H23ClF3N3O6S. The molecule has 0 radical (unpaired) electrons. The topological polar surface area (TPSA) is 107 Å². The molecule has 0 aliphatic rings. The molecule has 0 fully saturated rings. The highest BCUT2D eigenvalue weighted by Gasteiger charge is 2.35. The lowest BCUT2D eigenvalue weighted by Gasteiger charge is -2.24. The molecule has 208 valence electrons. The lowest BCUT2D eigenvalue weighted by Crippen LogP contribution is -2.39. The van der Waals surface area contributed by atoms with Crippen molar-refractivity contribution in [3.8, 4) is 17.2 Å². The lowest BCUT2D eigenvalue weighted by molar-refractivity contribution is -0.137. The van der Waals surface area contributed by atoms with Crippen LogP contribution in [0, 0.1) is 0 Å². The largest absolute Gasteiger partial charge is 0.493 e. The van der Waals surface area contributed by atoms with Gasteiger partial charge in [-0.1, -0.05) is 29.8 Å². The van der Waals surface area contributed by atoms with E-state index in [4.69, 9.17) is 25.8 Å². The first-order valence-electron chi connectivity index (χ1n) is 11.0. The summed E-state index contributed by atoms with van der Waals surface area (Å²) in [6.45, 7) is -0.886. The molecule has 0 aliphatic carbocycles. The van der Waals surface area contributed by atoms with Crippen LogP contribution in [0.2, 0.25) is 5.02 Å². The average molecular weight is 586 g/mol. The standard InChI is InChI=1S/C25H23ClF3N3O6S/c1-36-21-11-16(12-22(37-2)24(21)38-3)14-30-31-23(33)15-32(39(34,35)18-7-5-4-6-8-18)17-9-10-20(26)19(13-17)25(27,28)29/h4-14H,15H2,1-3H3,(H,31,33)/b30-14-. The maximum Gasteiger partial charge on any atom is 0.417 e. The summed E-state index contributed by atoms with van der Waals surface area (Å²) in [5, 5.41) is 3.20. The van der Waals surface area contributed by atoms with E-state index in [2.05, 4.69) is 10.5 Å². The van der Waals surface area contributed by atoms with Crippen molar-refractivity contribution in [1.82, 2.24) is 5.43 Å². The number of sulfonamides is 1. The molecule has 0 aromatic heterocycles. The summed E-state index contributed by atoms with van der Waals surface area (Å²) in [7, 11) is -0.193. The molecule has 0 saturated heterocycles. The molecule has 39 heavy (non-hydrogen) atoms. The van der Waals surface area contributed by atoms with Crippen LogP contribution in [0.3, 0.4) is 0 Å². The number of hydrogen-bond donors (Lipinski definition) is 1. The van der Waals surface area contributed by atoms with Gasteiger partial charge in [0.15, 0.2) is 11.5 Å². The van der Waals surface area contributed by atoms with Gasteiger partial charge in [0.25, 0.3) is 15.9 Å². The monoisotopic (exact) mass is 585 g/mol. The molecule has 14 heteroatoms. The van der Waals surface area contributed by atoms with E-state index >= 15 is 0 Å². The van der Waals surface area contributed by atoms with Gasteiger partial charge in [-0.25, -0.2) is 13.8 Å². The molecule has 9 nitrogen and oxygen atoms in total. The van der Waals surface area contributed by atoms with Crippen LogP contribution in [-0.2, 0) is 21.0 Å². The molecule has 1 amide bonds. The van der Waals surface area contributed by atoms with Crippen LogP contribution >= 0.6 is 11.6 Å². The highest BCUT2D eigenvalue weighted by molar-refractivity contribution is 7.92. The Morgan fingerprint density at radius 3 is 2.15 bits per heavy atom. The number of methoxy groups -OCH3 is 3. The molecule has 0 bridgehead atoms. The Balaban J connectivity index is 1.92. The van der Waals surface area contributed by atoms with Gasteiger partial charge in [-0.15, -0.1) is 0 Å². The van der Waals surface area contributed by atoms with E-state index in [1.165, 1.54) is 51.8 Å². The highest BCUT2D eigenvalue weighted by Crippen LogP contribution is 2.39. The van der Waals surface area contributed by atoms with E-state index in [0.29, 0.717) is 33.2 Å². The van der Waals surface area contributed by atoms with E-state index in [0.717, 1.165) is 12.1 Å². The SMILES string of the molecule is COc1cc(/C=N\NC(=O)CN(c2ccc(Cl)c(C(F)(F)F)c2)S(=O)(=O)c2ccccc2)cc(OC)c1OC. The number of nitrogens with zero attached hydrogens (tertiary/aromatic N) is 2. The average Bonchev–Trinajstić information content (AvgIpc) is 2.91. The number of alkyl halides is 3. The van der Waals surface area contributed by atoms with E-state index in [9.17, 15) is 26.4 Å². The maximum atomic E-state index is 13.5. The third-order valence-electron chi connectivity index (χ3n) is 5.25. The number of nitrogens with one attached hydrogen (secondary N) is 1. The zero-order chi connectivity index (χ0) is 28.8. The molecule has 0 heterocycles. The van der Waals surface area contributed by atoms with E-state index in [-0.39, 0.29) is 4.90 Å². The molecule has 3 aromatic carbocycles. The molecule has 0 saturated carbocycles. The first-order valence-corrected chi connectivity index (χ1v) is 12.8. The fraction of sp³-hybridized carbons (Fsp3) is 0.200. The number of anilines is 1. The maximum absolute atomic E-state index is 13.5. The van der Waals surface area contributed by atoms with Crippen molar-refractivity contribution in [2.45, 2.75) is 11.1 Å². The van der Waals surface area contributed by atoms with Gasteiger partial charge >= 0.3 is 6.18 Å². The van der Waals surface area contributed by atoms with Crippen LogP contribution < -0.4 is 23.9 Å². The zero-order valence-electron chi connectivity index (χ0n) is 20.8. The van der Waals surface area contributed by atoms with Gasteiger partial charge in [-0.2, -0.15) is 18.3 Å². The summed E-state index contributed by atoms with van der Waals surface area (Å²) in [6, 6.07) is 12.6. The fourth-order valence-corrected chi connectivity index (χ4v) is 5.10. The van der Waals surface area contributed by atoms with Gasteiger partial charge in [0.2, 0.25) is 5.75 Å². The smallest absolute Gasteiger partial charge is 0.417 e. The normalized spacial score (nSPS) is 11.8. The Morgan fingerprint density at radius 1 is 1.00 bits per heavy atom. The quantitative estimate of drug-likeness (QED) is 0.272. The molecule has 0 aliphatic heterocycles. The van der Waals surface area contributed by atoms with Crippen LogP contribution in [0.15, 0.2) is 70.7 Å². The van der Waals surface area contributed by atoms with E-state index < -0.39 is 44.9 Å². The summed E-state index contributed by atoms with van der Waals surface area (Å²) in [5.41, 5.74) is 0.943. The Kier molecular flexibility index (Phi) is 9.30.